The van der Waals surface area contributed by atoms with E-state index in [9.17, 15) is 14.9 Å². The van der Waals surface area contributed by atoms with E-state index in [4.69, 9.17) is 9.47 Å². The van der Waals surface area contributed by atoms with Crippen LogP contribution in [0.4, 0.5) is 5.69 Å². The first-order valence-corrected chi connectivity index (χ1v) is 7.47. The SMILES string of the molecule is Cc1cccc(C(=O)NCc2ccc3c(c2)OCCO3)c1[N+](=O)[O-]. The van der Waals surface area contributed by atoms with E-state index in [1.165, 1.54) is 6.07 Å². The lowest BCUT2D eigenvalue weighted by Crippen LogP contribution is -2.24. The van der Waals surface area contributed by atoms with Gasteiger partial charge in [-0.25, -0.2) is 0 Å². The minimum Gasteiger partial charge on any atom is -0.486 e. The van der Waals surface area contributed by atoms with Crippen LogP contribution in [-0.4, -0.2) is 24.0 Å². The number of nitrogens with zero attached hydrogens (tertiary/aromatic N) is 1. The summed E-state index contributed by atoms with van der Waals surface area (Å²) in [5.41, 5.74) is 1.16. The summed E-state index contributed by atoms with van der Waals surface area (Å²) >= 11 is 0. The molecule has 24 heavy (non-hydrogen) atoms. The van der Waals surface area contributed by atoms with Gasteiger partial charge in [-0.2, -0.15) is 0 Å². The minimum atomic E-state index is -0.533. The molecule has 2 aromatic rings. The van der Waals surface area contributed by atoms with Crippen LogP contribution < -0.4 is 14.8 Å². The molecule has 0 spiro atoms. The number of para-hydroxylation sites is 1. The first kappa shape index (κ1) is 15.8. The molecule has 0 saturated carbocycles. The number of amides is 1. The Balaban J connectivity index is 1.75. The zero-order valence-electron chi connectivity index (χ0n) is 13.1. The number of nitro benzene ring substituents is 1. The molecule has 1 aliphatic rings. The van der Waals surface area contributed by atoms with E-state index in [1.54, 1.807) is 31.2 Å². The Morgan fingerprint density at radius 2 is 1.96 bits per heavy atom. The largest absolute Gasteiger partial charge is 0.486 e. The second-order valence-electron chi connectivity index (χ2n) is 5.39. The molecule has 0 aromatic heterocycles. The molecule has 1 amide bonds. The molecule has 7 nitrogen and oxygen atoms in total. The fraction of sp³-hybridized carbons (Fsp3) is 0.235. The second kappa shape index (κ2) is 6.57. The molecule has 124 valence electrons. The van der Waals surface area contributed by atoms with Crippen molar-refractivity contribution in [3.05, 3.63) is 63.2 Å². The summed E-state index contributed by atoms with van der Waals surface area (Å²) in [5.74, 6) is 0.820. The van der Waals surface area contributed by atoms with E-state index in [0.717, 1.165) is 5.56 Å². The van der Waals surface area contributed by atoms with Crippen molar-refractivity contribution in [3.8, 4) is 11.5 Å². The summed E-state index contributed by atoms with van der Waals surface area (Å²) in [4.78, 5) is 23.0. The number of aryl methyl sites for hydroxylation is 1. The highest BCUT2D eigenvalue weighted by Gasteiger charge is 2.22. The molecule has 1 N–H and O–H groups in total. The van der Waals surface area contributed by atoms with Crippen molar-refractivity contribution < 1.29 is 19.2 Å². The number of ether oxygens (including phenoxy) is 2. The second-order valence-corrected chi connectivity index (χ2v) is 5.39. The number of hydrogen-bond acceptors (Lipinski definition) is 5. The average molecular weight is 328 g/mol. The van der Waals surface area contributed by atoms with Gasteiger partial charge in [0.1, 0.15) is 18.8 Å². The predicted octanol–water partition coefficient (Wildman–Crippen LogP) is 2.60. The van der Waals surface area contributed by atoms with Crippen LogP contribution in [-0.2, 0) is 6.54 Å². The van der Waals surface area contributed by atoms with Crippen LogP contribution in [0, 0.1) is 17.0 Å². The fourth-order valence-corrected chi connectivity index (χ4v) is 2.56. The van der Waals surface area contributed by atoms with Crippen molar-refractivity contribution >= 4 is 11.6 Å². The number of hydrogen-bond donors (Lipinski definition) is 1. The number of fused-ring (bicyclic) bond motifs is 1. The Morgan fingerprint density at radius 1 is 1.21 bits per heavy atom. The summed E-state index contributed by atoms with van der Waals surface area (Å²) in [6.45, 7) is 2.84. The maximum absolute atomic E-state index is 12.3. The quantitative estimate of drug-likeness (QED) is 0.688. The van der Waals surface area contributed by atoms with E-state index < -0.39 is 10.8 Å². The Bertz CT molecular complexity index is 804. The van der Waals surface area contributed by atoms with Crippen LogP contribution in [0.5, 0.6) is 11.5 Å². The third kappa shape index (κ3) is 3.15. The molecule has 2 aromatic carbocycles. The number of nitro groups is 1. The molecule has 0 saturated heterocycles. The highest BCUT2D eigenvalue weighted by Crippen LogP contribution is 2.30. The van der Waals surface area contributed by atoms with Gasteiger partial charge >= 0.3 is 0 Å². The van der Waals surface area contributed by atoms with E-state index in [0.29, 0.717) is 30.3 Å². The smallest absolute Gasteiger partial charge is 0.285 e. The normalized spacial score (nSPS) is 12.5. The van der Waals surface area contributed by atoms with Gasteiger partial charge < -0.3 is 14.8 Å². The molecule has 7 heteroatoms. The van der Waals surface area contributed by atoms with Gasteiger partial charge in [-0.05, 0) is 30.7 Å². The van der Waals surface area contributed by atoms with Gasteiger partial charge in [-0.15, -0.1) is 0 Å². The van der Waals surface area contributed by atoms with Crippen molar-refractivity contribution in [2.24, 2.45) is 0 Å². The predicted molar refractivity (Wildman–Crippen MR) is 86.4 cm³/mol. The van der Waals surface area contributed by atoms with E-state index in [2.05, 4.69) is 5.32 Å². The maximum atomic E-state index is 12.3. The zero-order chi connectivity index (χ0) is 17.1. The molecule has 1 aliphatic heterocycles. The Labute approximate surface area is 138 Å². The monoisotopic (exact) mass is 328 g/mol. The number of carbonyl (C=O) groups is 1. The van der Waals surface area contributed by atoms with E-state index >= 15 is 0 Å². The van der Waals surface area contributed by atoms with Gasteiger partial charge in [0.25, 0.3) is 11.6 Å². The van der Waals surface area contributed by atoms with E-state index in [1.807, 2.05) is 6.07 Å². The van der Waals surface area contributed by atoms with Gasteiger partial charge in [-0.3, -0.25) is 14.9 Å². The number of nitrogens with one attached hydrogen (secondary N) is 1. The van der Waals surface area contributed by atoms with Gasteiger partial charge in [-0.1, -0.05) is 18.2 Å². The molecular weight excluding hydrogens is 312 g/mol. The molecule has 0 aliphatic carbocycles. The highest BCUT2D eigenvalue weighted by atomic mass is 16.6. The Kier molecular flexibility index (Phi) is 4.33. The first-order valence-electron chi connectivity index (χ1n) is 7.47. The van der Waals surface area contributed by atoms with Gasteiger partial charge in [0.15, 0.2) is 11.5 Å². The molecule has 0 bridgehead atoms. The summed E-state index contributed by atoms with van der Waals surface area (Å²) < 4.78 is 10.9. The number of rotatable bonds is 4. The Hall–Kier alpha value is -3.09. The number of benzene rings is 2. The number of carbonyl (C=O) groups excluding carboxylic acids is 1. The lowest BCUT2D eigenvalue weighted by molar-refractivity contribution is -0.385. The summed E-state index contributed by atoms with van der Waals surface area (Å²) in [7, 11) is 0. The van der Waals surface area contributed by atoms with Crippen LogP contribution in [0.3, 0.4) is 0 Å². The molecule has 0 radical (unpaired) electrons. The van der Waals surface area contributed by atoms with Crippen LogP contribution in [0.2, 0.25) is 0 Å². The minimum absolute atomic E-state index is 0.0533. The molecule has 1 heterocycles. The van der Waals surface area contributed by atoms with Crippen LogP contribution in [0.1, 0.15) is 21.5 Å². The molecular formula is C17H16N2O5. The molecule has 0 atom stereocenters. The van der Waals surface area contributed by atoms with Crippen molar-refractivity contribution in [2.75, 3.05) is 13.2 Å². The van der Waals surface area contributed by atoms with Crippen LogP contribution >= 0.6 is 0 Å². The molecule has 0 fully saturated rings. The lowest BCUT2D eigenvalue weighted by atomic mass is 10.1. The van der Waals surface area contributed by atoms with Gasteiger partial charge in [0.05, 0.1) is 4.92 Å². The van der Waals surface area contributed by atoms with Gasteiger partial charge in [0, 0.05) is 12.1 Å². The van der Waals surface area contributed by atoms with Crippen molar-refractivity contribution in [1.29, 1.82) is 0 Å². The Morgan fingerprint density at radius 3 is 2.71 bits per heavy atom. The standard InChI is InChI=1S/C17H16N2O5/c1-11-3-2-4-13(16(11)19(21)22)17(20)18-10-12-5-6-14-15(9-12)24-8-7-23-14/h2-6,9H,7-8,10H2,1H3,(H,18,20). The maximum Gasteiger partial charge on any atom is 0.285 e. The molecule has 0 unspecified atom stereocenters. The van der Waals surface area contributed by atoms with Crippen LogP contribution in [0.15, 0.2) is 36.4 Å². The van der Waals surface area contributed by atoms with Crippen molar-refractivity contribution in [2.45, 2.75) is 13.5 Å². The topological polar surface area (TPSA) is 90.7 Å². The summed E-state index contributed by atoms with van der Waals surface area (Å²) in [6.07, 6.45) is 0. The lowest BCUT2D eigenvalue weighted by Gasteiger charge is -2.19. The van der Waals surface area contributed by atoms with Crippen molar-refractivity contribution in [3.63, 3.8) is 0 Å². The fourth-order valence-electron chi connectivity index (χ4n) is 2.56. The first-order chi connectivity index (χ1) is 11.6. The average Bonchev–Trinajstić information content (AvgIpc) is 2.59. The van der Waals surface area contributed by atoms with Gasteiger partial charge in [0.2, 0.25) is 0 Å². The molecule has 3 rings (SSSR count). The third-order valence-electron chi connectivity index (χ3n) is 3.72. The third-order valence-corrected chi connectivity index (χ3v) is 3.72. The summed E-state index contributed by atoms with van der Waals surface area (Å²) in [5, 5.41) is 13.9. The van der Waals surface area contributed by atoms with Crippen molar-refractivity contribution in [1.82, 2.24) is 5.32 Å². The highest BCUT2D eigenvalue weighted by molar-refractivity contribution is 5.98. The zero-order valence-corrected chi connectivity index (χ0v) is 13.1. The summed E-state index contributed by atoms with van der Waals surface area (Å²) in [6, 6.07) is 10.1. The van der Waals surface area contributed by atoms with E-state index in [-0.39, 0.29) is 17.8 Å². The van der Waals surface area contributed by atoms with Crippen LogP contribution in [0.25, 0.3) is 0 Å².